The van der Waals surface area contributed by atoms with Crippen molar-refractivity contribution in [3.05, 3.63) is 24.0 Å². The Hall–Kier alpha value is -1.62. The molecule has 0 saturated carbocycles. The van der Waals surface area contributed by atoms with Gasteiger partial charge in [-0.15, -0.1) is 0 Å². The normalized spacial score (nSPS) is 16.5. The molecule has 2 heterocycles. The highest BCUT2D eigenvalue weighted by Crippen LogP contribution is 2.08. The molecule has 2 rings (SSSR count). The van der Waals surface area contributed by atoms with Gasteiger partial charge in [-0.2, -0.15) is 0 Å². The van der Waals surface area contributed by atoms with Crippen LogP contribution in [0.4, 0.5) is 5.69 Å². The molecule has 0 radical (unpaired) electrons. The maximum Gasteiger partial charge on any atom is 0.270 e. The summed E-state index contributed by atoms with van der Waals surface area (Å²) in [5.74, 6) is -0.112. The van der Waals surface area contributed by atoms with E-state index in [2.05, 4.69) is 15.6 Å². The van der Waals surface area contributed by atoms with E-state index in [0.29, 0.717) is 5.69 Å². The lowest BCUT2D eigenvalue weighted by atomic mass is 10.1. The van der Waals surface area contributed by atoms with Crippen LogP contribution in [0.5, 0.6) is 0 Å². The molecular formula is C12H17N3O2. The van der Waals surface area contributed by atoms with Crippen molar-refractivity contribution < 1.29 is 9.53 Å². The third-order valence-corrected chi connectivity index (χ3v) is 2.84. The van der Waals surface area contributed by atoms with Crippen molar-refractivity contribution in [2.75, 3.05) is 25.6 Å². The number of rotatable bonds is 3. The first-order valence-corrected chi connectivity index (χ1v) is 5.82. The first kappa shape index (κ1) is 11.9. The third-order valence-electron chi connectivity index (χ3n) is 2.84. The van der Waals surface area contributed by atoms with Crippen molar-refractivity contribution in [2.24, 2.45) is 0 Å². The van der Waals surface area contributed by atoms with E-state index >= 15 is 0 Å². The summed E-state index contributed by atoms with van der Waals surface area (Å²) in [7, 11) is 1.82. The number of anilines is 1. The lowest BCUT2D eigenvalue weighted by Gasteiger charge is -2.22. The number of hydrogen-bond acceptors (Lipinski definition) is 4. The molecule has 17 heavy (non-hydrogen) atoms. The number of carbonyl (C=O) groups is 1. The lowest BCUT2D eigenvalue weighted by Crippen LogP contribution is -2.39. The summed E-state index contributed by atoms with van der Waals surface area (Å²) in [6.45, 7) is 1.44. The Morgan fingerprint density at radius 1 is 1.41 bits per heavy atom. The molecular weight excluding hydrogens is 218 g/mol. The van der Waals surface area contributed by atoms with E-state index in [1.54, 1.807) is 12.3 Å². The summed E-state index contributed by atoms with van der Waals surface area (Å²) < 4.78 is 5.24. The van der Waals surface area contributed by atoms with Gasteiger partial charge in [-0.1, -0.05) is 0 Å². The van der Waals surface area contributed by atoms with Crippen molar-refractivity contribution in [3.8, 4) is 0 Å². The fraction of sp³-hybridized carbons (Fsp3) is 0.500. The smallest absolute Gasteiger partial charge is 0.270 e. The van der Waals surface area contributed by atoms with Gasteiger partial charge in [0, 0.05) is 26.3 Å². The highest BCUT2D eigenvalue weighted by molar-refractivity contribution is 5.92. The molecule has 1 aromatic heterocycles. The molecule has 1 saturated heterocycles. The van der Waals surface area contributed by atoms with Crippen LogP contribution in [0, 0.1) is 0 Å². The van der Waals surface area contributed by atoms with Crippen molar-refractivity contribution >= 4 is 11.6 Å². The molecule has 1 fully saturated rings. The van der Waals surface area contributed by atoms with Crippen LogP contribution in [0.15, 0.2) is 18.3 Å². The van der Waals surface area contributed by atoms with Gasteiger partial charge in [0.1, 0.15) is 5.69 Å². The molecule has 92 valence electrons. The molecule has 0 aliphatic carbocycles. The first-order chi connectivity index (χ1) is 8.29. The zero-order valence-corrected chi connectivity index (χ0v) is 9.90. The Morgan fingerprint density at radius 2 is 2.18 bits per heavy atom. The van der Waals surface area contributed by atoms with Crippen LogP contribution >= 0.6 is 0 Å². The molecule has 0 unspecified atom stereocenters. The Bertz CT molecular complexity index is 372. The van der Waals surface area contributed by atoms with Crippen molar-refractivity contribution in [1.29, 1.82) is 0 Å². The van der Waals surface area contributed by atoms with Gasteiger partial charge in [0.2, 0.25) is 0 Å². The van der Waals surface area contributed by atoms with Gasteiger partial charge in [-0.05, 0) is 25.0 Å². The first-order valence-electron chi connectivity index (χ1n) is 5.82. The number of nitrogens with zero attached hydrogens (tertiary/aromatic N) is 1. The maximum absolute atomic E-state index is 11.9. The van der Waals surface area contributed by atoms with Gasteiger partial charge in [0.05, 0.1) is 11.9 Å². The van der Waals surface area contributed by atoms with Gasteiger partial charge in [-0.3, -0.25) is 4.79 Å². The molecule has 5 nitrogen and oxygen atoms in total. The third kappa shape index (κ3) is 3.17. The Kier molecular flexibility index (Phi) is 3.93. The number of nitrogens with one attached hydrogen (secondary N) is 2. The van der Waals surface area contributed by atoms with Crippen molar-refractivity contribution in [2.45, 2.75) is 18.9 Å². The molecule has 1 aromatic rings. The Morgan fingerprint density at radius 3 is 2.76 bits per heavy atom. The molecule has 0 spiro atoms. The fourth-order valence-electron chi connectivity index (χ4n) is 1.78. The number of ether oxygens (including phenoxy) is 1. The minimum Gasteiger partial charge on any atom is -0.387 e. The lowest BCUT2D eigenvalue weighted by molar-refractivity contribution is 0.0694. The molecule has 5 heteroatoms. The van der Waals surface area contributed by atoms with E-state index in [0.717, 1.165) is 31.7 Å². The van der Waals surface area contributed by atoms with Crippen LogP contribution in [0.1, 0.15) is 23.3 Å². The second-order valence-electron chi connectivity index (χ2n) is 4.04. The van der Waals surface area contributed by atoms with Gasteiger partial charge in [-0.25, -0.2) is 4.98 Å². The van der Waals surface area contributed by atoms with Crippen LogP contribution in [0.2, 0.25) is 0 Å². The summed E-state index contributed by atoms with van der Waals surface area (Å²) in [5.41, 5.74) is 1.35. The van der Waals surface area contributed by atoms with E-state index in [4.69, 9.17) is 4.74 Å². The molecule has 1 aliphatic rings. The monoisotopic (exact) mass is 235 g/mol. The maximum atomic E-state index is 11.9. The Labute approximate surface area is 101 Å². The van der Waals surface area contributed by atoms with Gasteiger partial charge in [0.25, 0.3) is 5.91 Å². The van der Waals surface area contributed by atoms with Gasteiger partial charge in [0.15, 0.2) is 0 Å². The standard InChI is InChI=1S/C12H17N3O2/c1-13-10-2-3-11(14-8-10)12(16)15-9-4-6-17-7-5-9/h2-3,8-9,13H,4-7H2,1H3,(H,15,16). The van der Waals surface area contributed by atoms with E-state index < -0.39 is 0 Å². The summed E-state index contributed by atoms with van der Waals surface area (Å²) >= 11 is 0. The van der Waals surface area contributed by atoms with Gasteiger partial charge >= 0.3 is 0 Å². The second-order valence-corrected chi connectivity index (χ2v) is 4.04. The number of pyridine rings is 1. The highest BCUT2D eigenvalue weighted by atomic mass is 16.5. The number of aromatic nitrogens is 1. The minimum absolute atomic E-state index is 0.112. The summed E-state index contributed by atoms with van der Waals surface area (Å²) in [5, 5.41) is 5.93. The van der Waals surface area contributed by atoms with E-state index in [-0.39, 0.29) is 11.9 Å². The molecule has 1 amide bonds. The number of hydrogen-bond donors (Lipinski definition) is 2. The SMILES string of the molecule is CNc1ccc(C(=O)NC2CCOCC2)nc1. The van der Waals surface area contributed by atoms with E-state index in [1.165, 1.54) is 0 Å². The van der Waals surface area contributed by atoms with Crippen molar-refractivity contribution in [3.63, 3.8) is 0 Å². The average Bonchev–Trinajstić information content (AvgIpc) is 2.40. The molecule has 2 N–H and O–H groups in total. The molecule has 0 aromatic carbocycles. The van der Waals surface area contributed by atoms with Crippen LogP contribution in [0.25, 0.3) is 0 Å². The van der Waals surface area contributed by atoms with Gasteiger partial charge < -0.3 is 15.4 Å². The summed E-state index contributed by atoms with van der Waals surface area (Å²) in [6, 6.07) is 3.77. The highest BCUT2D eigenvalue weighted by Gasteiger charge is 2.17. The number of amides is 1. The van der Waals surface area contributed by atoms with E-state index in [1.807, 2.05) is 13.1 Å². The summed E-state index contributed by atoms with van der Waals surface area (Å²) in [6.07, 6.45) is 3.40. The predicted octanol–water partition coefficient (Wildman–Crippen LogP) is 1.03. The zero-order chi connectivity index (χ0) is 12.1. The van der Waals surface area contributed by atoms with Crippen LogP contribution in [-0.4, -0.2) is 37.2 Å². The van der Waals surface area contributed by atoms with Crippen LogP contribution in [-0.2, 0) is 4.74 Å². The van der Waals surface area contributed by atoms with Crippen LogP contribution < -0.4 is 10.6 Å². The molecule has 0 bridgehead atoms. The molecule has 1 aliphatic heterocycles. The quantitative estimate of drug-likeness (QED) is 0.821. The average molecular weight is 235 g/mol. The van der Waals surface area contributed by atoms with Crippen LogP contribution in [0.3, 0.4) is 0 Å². The Balaban J connectivity index is 1.93. The predicted molar refractivity (Wildman–Crippen MR) is 65.1 cm³/mol. The largest absolute Gasteiger partial charge is 0.387 e. The summed E-state index contributed by atoms with van der Waals surface area (Å²) in [4.78, 5) is 16.0. The number of carbonyl (C=O) groups excluding carboxylic acids is 1. The van der Waals surface area contributed by atoms with E-state index in [9.17, 15) is 4.79 Å². The minimum atomic E-state index is -0.112. The topological polar surface area (TPSA) is 63.2 Å². The van der Waals surface area contributed by atoms with Crippen molar-refractivity contribution in [1.82, 2.24) is 10.3 Å². The second kappa shape index (κ2) is 5.63. The molecule has 0 atom stereocenters. The zero-order valence-electron chi connectivity index (χ0n) is 9.90. The fourth-order valence-corrected chi connectivity index (χ4v) is 1.78.